The summed E-state index contributed by atoms with van der Waals surface area (Å²) in [5, 5.41) is 0. The van der Waals surface area contributed by atoms with E-state index in [0.717, 1.165) is 18.6 Å². The third-order valence-electron chi connectivity index (χ3n) is 3.26. The Balaban J connectivity index is 2.54. The van der Waals surface area contributed by atoms with Gasteiger partial charge in [-0.05, 0) is 37.5 Å². The van der Waals surface area contributed by atoms with Gasteiger partial charge in [0.2, 0.25) is 5.91 Å². The summed E-state index contributed by atoms with van der Waals surface area (Å²) >= 11 is 0. The van der Waals surface area contributed by atoms with Crippen molar-refractivity contribution < 1.29 is 13.6 Å². The third kappa shape index (κ3) is 3.79. The molecule has 4 heteroatoms. The predicted molar refractivity (Wildman–Crippen MR) is 67.2 cm³/mol. The summed E-state index contributed by atoms with van der Waals surface area (Å²) in [6.07, 6.45) is 1.64. The highest BCUT2D eigenvalue weighted by Gasteiger charge is 2.14. The van der Waals surface area contributed by atoms with Gasteiger partial charge in [-0.25, -0.2) is 8.78 Å². The van der Waals surface area contributed by atoms with Crippen molar-refractivity contribution in [1.29, 1.82) is 0 Å². The van der Waals surface area contributed by atoms with E-state index in [1.54, 1.807) is 11.9 Å². The van der Waals surface area contributed by atoms with Crippen LogP contribution in [0.3, 0.4) is 0 Å². The van der Waals surface area contributed by atoms with Crippen molar-refractivity contribution >= 4 is 5.91 Å². The SMILES string of the molecule is CCC(C)N(C)C(=O)CCc1ccc(F)c(F)c1. The second-order valence-electron chi connectivity index (χ2n) is 4.51. The van der Waals surface area contributed by atoms with Crippen molar-refractivity contribution in [1.82, 2.24) is 4.90 Å². The number of rotatable bonds is 5. The van der Waals surface area contributed by atoms with Crippen molar-refractivity contribution in [2.75, 3.05) is 7.05 Å². The maximum Gasteiger partial charge on any atom is 0.222 e. The lowest BCUT2D eigenvalue weighted by Gasteiger charge is -2.23. The summed E-state index contributed by atoms with van der Waals surface area (Å²) in [5.41, 5.74) is 0.639. The predicted octanol–water partition coefficient (Wildman–Crippen LogP) is 3.15. The van der Waals surface area contributed by atoms with E-state index in [0.29, 0.717) is 18.4 Å². The van der Waals surface area contributed by atoms with Gasteiger partial charge in [0.1, 0.15) is 0 Å². The number of carbonyl (C=O) groups is 1. The van der Waals surface area contributed by atoms with Crippen LogP contribution in [0, 0.1) is 11.6 Å². The molecular formula is C14H19F2NO. The molecule has 0 bridgehead atoms. The lowest BCUT2D eigenvalue weighted by atomic mass is 10.1. The Labute approximate surface area is 107 Å². The Morgan fingerprint density at radius 2 is 2.00 bits per heavy atom. The first-order valence-electron chi connectivity index (χ1n) is 6.15. The normalized spacial score (nSPS) is 12.3. The molecule has 0 heterocycles. The molecule has 0 aliphatic heterocycles. The van der Waals surface area contributed by atoms with Gasteiger partial charge in [0, 0.05) is 19.5 Å². The zero-order valence-corrected chi connectivity index (χ0v) is 11.0. The Morgan fingerprint density at radius 3 is 2.56 bits per heavy atom. The topological polar surface area (TPSA) is 20.3 Å². The van der Waals surface area contributed by atoms with Crippen LogP contribution in [-0.4, -0.2) is 23.9 Å². The maximum atomic E-state index is 13.0. The maximum absolute atomic E-state index is 13.0. The molecule has 0 fully saturated rings. The summed E-state index contributed by atoms with van der Waals surface area (Å²) in [4.78, 5) is 13.5. The van der Waals surface area contributed by atoms with Gasteiger partial charge in [-0.15, -0.1) is 0 Å². The Bertz CT molecular complexity index is 420. The first-order chi connectivity index (χ1) is 8.45. The molecule has 1 aromatic carbocycles. The molecule has 1 unspecified atom stereocenters. The number of benzene rings is 1. The number of carbonyl (C=O) groups excluding carboxylic acids is 1. The summed E-state index contributed by atoms with van der Waals surface area (Å²) in [5.74, 6) is -1.70. The minimum absolute atomic E-state index is 0.0223. The number of amides is 1. The van der Waals surface area contributed by atoms with Gasteiger partial charge in [0.05, 0.1) is 0 Å². The Morgan fingerprint density at radius 1 is 1.33 bits per heavy atom. The number of nitrogens with zero attached hydrogens (tertiary/aromatic N) is 1. The van der Waals surface area contributed by atoms with Gasteiger partial charge < -0.3 is 4.90 Å². The van der Waals surface area contributed by atoms with E-state index >= 15 is 0 Å². The van der Waals surface area contributed by atoms with E-state index in [9.17, 15) is 13.6 Å². The molecule has 0 saturated heterocycles. The molecule has 100 valence electrons. The molecule has 18 heavy (non-hydrogen) atoms. The monoisotopic (exact) mass is 255 g/mol. The molecule has 1 atom stereocenters. The van der Waals surface area contributed by atoms with Gasteiger partial charge >= 0.3 is 0 Å². The number of hydrogen-bond acceptors (Lipinski definition) is 1. The molecule has 0 aliphatic carbocycles. The number of halogens is 2. The van der Waals surface area contributed by atoms with Crippen LogP contribution >= 0.6 is 0 Å². The van der Waals surface area contributed by atoms with Gasteiger partial charge in [-0.2, -0.15) is 0 Å². The van der Waals surface area contributed by atoms with Crippen molar-refractivity contribution in [2.45, 2.75) is 39.2 Å². The van der Waals surface area contributed by atoms with E-state index in [-0.39, 0.29) is 11.9 Å². The highest BCUT2D eigenvalue weighted by atomic mass is 19.2. The van der Waals surface area contributed by atoms with Gasteiger partial charge in [0.25, 0.3) is 0 Å². The highest BCUT2D eigenvalue weighted by molar-refractivity contribution is 5.76. The zero-order chi connectivity index (χ0) is 13.7. The van der Waals surface area contributed by atoms with Crippen LogP contribution in [0.2, 0.25) is 0 Å². The van der Waals surface area contributed by atoms with Crippen molar-refractivity contribution in [3.05, 3.63) is 35.4 Å². The van der Waals surface area contributed by atoms with Crippen LogP contribution in [-0.2, 0) is 11.2 Å². The van der Waals surface area contributed by atoms with E-state index in [2.05, 4.69) is 0 Å². The molecule has 0 spiro atoms. The average Bonchev–Trinajstić information content (AvgIpc) is 2.37. The van der Waals surface area contributed by atoms with Crippen molar-refractivity contribution in [3.63, 3.8) is 0 Å². The van der Waals surface area contributed by atoms with Crippen LogP contribution < -0.4 is 0 Å². The molecule has 1 rings (SSSR count). The van der Waals surface area contributed by atoms with E-state index in [4.69, 9.17) is 0 Å². The fourth-order valence-corrected chi connectivity index (χ4v) is 1.64. The first kappa shape index (κ1) is 14.6. The Kier molecular flexibility index (Phi) is 5.25. The van der Waals surface area contributed by atoms with Crippen molar-refractivity contribution in [3.8, 4) is 0 Å². The molecule has 1 aromatic rings. The largest absolute Gasteiger partial charge is 0.343 e. The second-order valence-corrected chi connectivity index (χ2v) is 4.51. The van der Waals surface area contributed by atoms with Crippen LogP contribution in [0.4, 0.5) is 8.78 Å². The second kappa shape index (κ2) is 6.47. The van der Waals surface area contributed by atoms with Crippen molar-refractivity contribution in [2.24, 2.45) is 0 Å². The lowest BCUT2D eigenvalue weighted by molar-refractivity contribution is -0.131. The molecule has 2 nitrogen and oxygen atoms in total. The number of hydrogen-bond donors (Lipinski definition) is 0. The van der Waals surface area contributed by atoms with Crippen LogP contribution in [0.15, 0.2) is 18.2 Å². The quantitative estimate of drug-likeness (QED) is 0.791. The van der Waals surface area contributed by atoms with Gasteiger partial charge in [-0.3, -0.25) is 4.79 Å². The Hall–Kier alpha value is -1.45. The fourth-order valence-electron chi connectivity index (χ4n) is 1.64. The summed E-state index contributed by atoms with van der Waals surface area (Å²) in [7, 11) is 1.77. The first-order valence-corrected chi connectivity index (χ1v) is 6.15. The molecule has 0 N–H and O–H groups in total. The smallest absolute Gasteiger partial charge is 0.222 e. The van der Waals surface area contributed by atoms with E-state index in [1.807, 2.05) is 13.8 Å². The highest BCUT2D eigenvalue weighted by Crippen LogP contribution is 2.11. The minimum atomic E-state index is -0.866. The number of aryl methyl sites for hydroxylation is 1. The average molecular weight is 255 g/mol. The molecule has 0 saturated carbocycles. The molecule has 0 aromatic heterocycles. The molecular weight excluding hydrogens is 236 g/mol. The van der Waals surface area contributed by atoms with Crippen LogP contribution in [0.5, 0.6) is 0 Å². The lowest BCUT2D eigenvalue weighted by Crippen LogP contribution is -2.34. The summed E-state index contributed by atoms with van der Waals surface area (Å²) in [6.45, 7) is 4.00. The van der Waals surface area contributed by atoms with Gasteiger partial charge in [-0.1, -0.05) is 13.0 Å². The zero-order valence-electron chi connectivity index (χ0n) is 11.0. The minimum Gasteiger partial charge on any atom is -0.343 e. The summed E-state index contributed by atoms with van der Waals surface area (Å²) < 4.78 is 25.7. The molecule has 0 radical (unpaired) electrons. The van der Waals surface area contributed by atoms with E-state index < -0.39 is 11.6 Å². The molecule has 0 aliphatic rings. The molecule has 1 amide bonds. The van der Waals surface area contributed by atoms with Gasteiger partial charge in [0.15, 0.2) is 11.6 Å². The van der Waals surface area contributed by atoms with E-state index in [1.165, 1.54) is 6.07 Å². The van der Waals surface area contributed by atoms with Crippen LogP contribution in [0.25, 0.3) is 0 Å². The van der Waals surface area contributed by atoms with Crippen LogP contribution in [0.1, 0.15) is 32.3 Å². The standard InChI is InChI=1S/C14H19F2NO/c1-4-10(2)17(3)14(18)8-6-11-5-7-12(15)13(16)9-11/h5,7,9-10H,4,6,8H2,1-3H3. The summed E-state index contributed by atoms with van der Waals surface area (Å²) in [6, 6.07) is 3.94. The fraction of sp³-hybridized carbons (Fsp3) is 0.500. The third-order valence-corrected chi connectivity index (χ3v) is 3.26.